The van der Waals surface area contributed by atoms with E-state index in [1.807, 2.05) is 35.2 Å². The van der Waals surface area contributed by atoms with Gasteiger partial charge in [0.05, 0.1) is 18.7 Å². The summed E-state index contributed by atoms with van der Waals surface area (Å²) in [5, 5.41) is 7.35. The van der Waals surface area contributed by atoms with Crippen molar-refractivity contribution in [1.82, 2.24) is 14.7 Å². The second-order valence-electron chi connectivity index (χ2n) is 7.39. The number of carbonyl (C=O) groups is 2. The average molecular weight is 431 g/mol. The molecule has 0 bridgehead atoms. The summed E-state index contributed by atoms with van der Waals surface area (Å²) in [6, 6.07) is 9.84. The predicted molar refractivity (Wildman–Crippen MR) is 106 cm³/mol. The second-order valence-corrected chi connectivity index (χ2v) is 8.31. The highest BCUT2D eigenvalue weighted by Gasteiger charge is 2.36. The highest BCUT2D eigenvalue weighted by molar-refractivity contribution is 9.10. The van der Waals surface area contributed by atoms with Crippen LogP contribution in [0.4, 0.5) is 5.82 Å². The van der Waals surface area contributed by atoms with E-state index in [-0.39, 0.29) is 23.7 Å². The number of nitrogens with one attached hydrogen (secondary N) is 1. The van der Waals surface area contributed by atoms with E-state index in [1.54, 1.807) is 10.9 Å². The zero-order valence-corrected chi connectivity index (χ0v) is 16.7. The van der Waals surface area contributed by atoms with Crippen LogP contribution in [0.15, 0.2) is 41.0 Å². The van der Waals surface area contributed by atoms with Crippen molar-refractivity contribution in [2.24, 2.45) is 11.8 Å². The van der Waals surface area contributed by atoms with Crippen molar-refractivity contribution in [2.45, 2.75) is 32.2 Å². The number of rotatable bonds is 5. The summed E-state index contributed by atoms with van der Waals surface area (Å²) in [6.07, 6.45) is 5.40. The molecule has 1 aliphatic carbocycles. The van der Waals surface area contributed by atoms with Gasteiger partial charge in [0.1, 0.15) is 5.82 Å². The molecule has 2 aromatic rings. The zero-order chi connectivity index (χ0) is 18.8. The van der Waals surface area contributed by atoms with Crippen LogP contribution in [0.2, 0.25) is 0 Å². The maximum absolute atomic E-state index is 12.8. The first kappa shape index (κ1) is 18.2. The molecule has 1 aromatic carbocycles. The number of hydrogen-bond donors (Lipinski definition) is 1. The summed E-state index contributed by atoms with van der Waals surface area (Å²) in [5.74, 6) is 0.936. The minimum absolute atomic E-state index is 0.0284. The third-order valence-corrected chi connectivity index (χ3v) is 5.71. The van der Waals surface area contributed by atoms with Crippen LogP contribution in [0.25, 0.3) is 0 Å². The first-order valence-electron chi connectivity index (χ1n) is 9.46. The van der Waals surface area contributed by atoms with Crippen molar-refractivity contribution in [3.63, 3.8) is 0 Å². The number of nitrogens with zero attached hydrogens (tertiary/aromatic N) is 3. The Morgan fingerprint density at radius 2 is 2.04 bits per heavy atom. The van der Waals surface area contributed by atoms with E-state index in [4.69, 9.17) is 0 Å². The van der Waals surface area contributed by atoms with Crippen molar-refractivity contribution < 1.29 is 9.59 Å². The third-order valence-electron chi connectivity index (χ3n) is 5.22. The Morgan fingerprint density at radius 1 is 1.19 bits per heavy atom. The van der Waals surface area contributed by atoms with Gasteiger partial charge in [0.25, 0.3) is 0 Å². The third kappa shape index (κ3) is 4.40. The van der Waals surface area contributed by atoms with Gasteiger partial charge in [-0.15, -0.1) is 0 Å². The van der Waals surface area contributed by atoms with Gasteiger partial charge in [-0.1, -0.05) is 28.1 Å². The van der Waals surface area contributed by atoms with E-state index < -0.39 is 0 Å². The second kappa shape index (κ2) is 7.84. The fourth-order valence-corrected chi connectivity index (χ4v) is 4.03. The van der Waals surface area contributed by atoms with Crippen molar-refractivity contribution in [1.29, 1.82) is 0 Å². The molecule has 4 rings (SSSR count). The minimum Gasteiger partial charge on any atom is -0.342 e. The van der Waals surface area contributed by atoms with Crippen LogP contribution in [-0.2, 0) is 16.1 Å². The van der Waals surface area contributed by atoms with E-state index >= 15 is 0 Å². The van der Waals surface area contributed by atoms with Crippen LogP contribution in [0.5, 0.6) is 0 Å². The highest BCUT2D eigenvalue weighted by Crippen LogP contribution is 2.32. The van der Waals surface area contributed by atoms with E-state index in [9.17, 15) is 9.59 Å². The van der Waals surface area contributed by atoms with Crippen molar-refractivity contribution in [3.05, 3.63) is 46.6 Å². The minimum atomic E-state index is -0.157. The first-order valence-corrected chi connectivity index (χ1v) is 10.3. The lowest BCUT2D eigenvalue weighted by atomic mass is 9.96. The predicted octanol–water partition coefficient (Wildman–Crippen LogP) is 3.28. The number of hydrogen-bond acceptors (Lipinski definition) is 3. The van der Waals surface area contributed by atoms with Crippen LogP contribution >= 0.6 is 15.9 Å². The van der Waals surface area contributed by atoms with Gasteiger partial charge >= 0.3 is 0 Å². The number of aromatic nitrogens is 2. The Morgan fingerprint density at radius 3 is 2.81 bits per heavy atom. The number of piperidine rings is 1. The van der Waals surface area contributed by atoms with Gasteiger partial charge in [-0.3, -0.25) is 9.59 Å². The van der Waals surface area contributed by atoms with Crippen molar-refractivity contribution in [3.8, 4) is 0 Å². The lowest BCUT2D eigenvalue weighted by Gasteiger charge is -2.32. The molecule has 2 amide bonds. The standard InChI is InChI=1S/C20H23BrN4O2/c21-17-5-1-3-14(11-17)12-25-18(8-9-22-25)23-19(26)16-4-2-10-24(13-16)20(27)15-6-7-15/h1,3,5,8-9,11,15-16H,2,4,6-7,10,12-13H2,(H,23,26). The topological polar surface area (TPSA) is 67.2 Å². The number of carbonyl (C=O) groups excluding carboxylic acids is 2. The molecule has 7 heteroatoms. The zero-order valence-electron chi connectivity index (χ0n) is 15.1. The molecule has 142 valence electrons. The van der Waals surface area contributed by atoms with E-state index in [0.717, 1.165) is 42.3 Å². The molecule has 1 N–H and O–H groups in total. The SMILES string of the molecule is O=C(Nc1ccnn1Cc1cccc(Br)c1)C1CCCN(C(=O)C2CC2)C1. The number of benzene rings is 1. The molecule has 1 aromatic heterocycles. The fourth-order valence-electron chi connectivity index (χ4n) is 3.58. The molecule has 2 heterocycles. The Bertz CT molecular complexity index is 846. The summed E-state index contributed by atoms with van der Waals surface area (Å²) in [7, 11) is 0. The van der Waals surface area contributed by atoms with Gasteiger partial charge in [-0.25, -0.2) is 4.68 Å². The van der Waals surface area contributed by atoms with Gasteiger partial charge in [-0.2, -0.15) is 5.10 Å². The summed E-state index contributed by atoms with van der Waals surface area (Å²) in [4.78, 5) is 27.0. The number of amides is 2. The molecule has 1 unspecified atom stereocenters. The molecule has 2 fully saturated rings. The molecule has 0 radical (unpaired) electrons. The monoisotopic (exact) mass is 430 g/mol. The largest absolute Gasteiger partial charge is 0.342 e. The number of halogens is 1. The molecule has 2 aliphatic rings. The molecular formula is C20H23BrN4O2. The van der Waals surface area contributed by atoms with Crippen molar-refractivity contribution >= 4 is 33.6 Å². The summed E-state index contributed by atoms with van der Waals surface area (Å²) < 4.78 is 2.80. The lowest BCUT2D eigenvalue weighted by molar-refractivity contribution is -0.135. The van der Waals surface area contributed by atoms with E-state index in [2.05, 4.69) is 26.3 Å². The molecule has 1 saturated carbocycles. The normalized spacial score (nSPS) is 19.7. The number of likely N-dealkylation sites (tertiary alicyclic amines) is 1. The van der Waals surface area contributed by atoms with Gasteiger partial charge in [0.15, 0.2) is 0 Å². The summed E-state index contributed by atoms with van der Waals surface area (Å²) in [5.41, 5.74) is 1.10. The smallest absolute Gasteiger partial charge is 0.230 e. The van der Waals surface area contributed by atoms with Crippen molar-refractivity contribution in [2.75, 3.05) is 18.4 Å². The maximum atomic E-state index is 12.8. The van der Waals surface area contributed by atoms with Gasteiger partial charge in [0, 0.05) is 29.5 Å². The van der Waals surface area contributed by atoms with Gasteiger partial charge in [-0.05, 0) is 43.4 Å². The highest BCUT2D eigenvalue weighted by atomic mass is 79.9. The lowest BCUT2D eigenvalue weighted by Crippen LogP contribution is -2.44. The molecule has 1 saturated heterocycles. The molecular weight excluding hydrogens is 408 g/mol. The fraction of sp³-hybridized carbons (Fsp3) is 0.450. The average Bonchev–Trinajstić information content (AvgIpc) is 3.44. The molecule has 1 atom stereocenters. The Labute approximate surface area is 167 Å². The Balaban J connectivity index is 1.39. The van der Waals surface area contributed by atoms with Crippen LogP contribution < -0.4 is 5.32 Å². The summed E-state index contributed by atoms with van der Waals surface area (Å²) >= 11 is 3.48. The molecule has 0 spiro atoms. The van der Waals surface area contributed by atoms with Gasteiger partial charge in [0.2, 0.25) is 11.8 Å². The van der Waals surface area contributed by atoms with E-state index in [0.29, 0.717) is 18.9 Å². The quantitative estimate of drug-likeness (QED) is 0.790. The van der Waals surface area contributed by atoms with Crippen LogP contribution in [0, 0.1) is 11.8 Å². The molecule has 6 nitrogen and oxygen atoms in total. The molecule has 1 aliphatic heterocycles. The first-order chi connectivity index (χ1) is 13.1. The number of anilines is 1. The van der Waals surface area contributed by atoms with Gasteiger partial charge < -0.3 is 10.2 Å². The summed E-state index contributed by atoms with van der Waals surface area (Å²) in [6.45, 7) is 1.89. The maximum Gasteiger partial charge on any atom is 0.230 e. The Kier molecular flexibility index (Phi) is 5.29. The van der Waals surface area contributed by atoms with Crippen LogP contribution in [0.1, 0.15) is 31.2 Å². The molecule has 27 heavy (non-hydrogen) atoms. The van der Waals surface area contributed by atoms with E-state index in [1.165, 1.54) is 0 Å². The van der Waals surface area contributed by atoms with Crippen LogP contribution in [0.3, 0.4) is 0 Å². The Hall–Kier alpha value is -2.15. The van der Waals surface area contributed by atoms with Crippen LogP contribution in [-0.4, -0.2) is 39.6 Å².